The van der Waals surface area contributed by atoms with Crippen molar-refractivity contribution in [1.82, 2.24) is 4.98 Å². The van der Waals surface area contributed by atoms with Crippen LogP contribution >= 0.6 is 0 Å². The maximum absolute atomic E-state index is 13.4. The molecule has 1 aromatic carbocycles. The molecule has 1 aromatic heterocycles. The highest BCUT2D eigenvalue weighted by Crippen LogP contribution is 2.19. The zero-order chi connectivity index (χ0) is 14.6. The largest absolute Gasteiger partial charge is 0.385 e. The number of hydrogen-bond acceptors (Lipinski definition) is 4. The van der Waals surface area contributed by atoms with E-state index in [1.165, 1.54) is 24.4 Å². The molecule has 20 heavy (non-hydrogen) atoms. The molecule has 0 amide bonds. The third kappa shape index (κ3) is 3.24. The number of benzene rings is 1. The highest BCUT2D eigenvalue weighted by atomic mass is 32.2. The summed E-state index contributed by atoms with van der Waals surface area (Å²) in [6, 6.07) is 7.49. The molecular weight excluding hydrogens is 281 g/mol. The Morgan fingerprint density at radius 3 is 2.50 bits per heavy atom. The average molecular weight is 295 g/mol. The number of nitrogens with one attached hydrogen (secondary N) is 2. The molecule has 2 aromatic rings. The Morgan fingerprint density at radius 1 is 1.20 bits per heavy atom. The van der Waals surface area contributed by atoms with Gasteiger partial charge in [-0.15, -0.1) is 0 Å². The summed E-state index contributed by atoms with van der Waals surface area (Å²) in [6.45, 7) is 2.69. The van der Waals surface area contributed by atoms with E-state index in [4.69, 9.17) is 0 Å². The van der Waals surface area contributed by atoms with Gasteiger partial charge in [-0.05, 0) is 37.3 Å². The van der Waals surface area contributed by atoms with E-state index in [1.807, 2.05) is 6.92 Å². The number of rotatable bonds is 5. The van der Waals surface area contributed by atoms with Gasteiger partial charge in [0.1, 0.15) is 0 Å². The van der Waals surface area contributed by atoms with E-state index in [2.05, 4.69) is 15.0 Å². The van der Waals surface area contributed by atoms with Crippen molar-refractivity contribution in [3.63, 3.8) is 0 Å². The Kier molecular flexibility index (Phi) is 4.19. The van der Waals surface area contributed by atoms with Gasteiger partial charge in [0.15, 0.2) is 5.82 Å². The van der Waals surface area contributed by atoms with E-state index in [9.17, 15) is 12.8 Å². The normalized spacial score (nSPS) is 11.1. The minimum atomic E-state index is -3.81. The van der Waals surface area contributed by atoms with Gasteiger partial charge in [0.25, 0.3) is 10.0 Å². The zero-order valence-electron chi connectivity index (χ0n) is 10.8. The van der Waals surface area contributed by atoms with E-state index in [1.54, 1.807) is 12.1 Å². The van der Waals surface area contributed by atoms with Gasteiger partial charge in [-0.2, -0.15) is 0 Å². The molecule has 106 valence electrons. The molecule has 0 bridgehead atoms. The van der Waals surface area contributed by atoms with E-state index in [-0.39, 0.29) is 10.6 Å². The summed E-state index contributed by atoms with van der Waals surface area (Å²) in [4.78, 5) is 3.63. The molecule has 0 saturated heterocycles. The van der Waals surface area contributed by atoms with Crippen LogP contribution in [0.4, 0.5) is 15.8 Å². The Morgan fingerprint density at radius 2 is 1.90 bits per heavy atom. The standard InChI is InChI=1S/C13H14FN3O2S/c1-2-16-10-3-5-11(6-4-10)20(18,19)17-13-7-8-15-9-12(13)14/h3-9,16H,2H2,1H3,(H,15,17). The average Bonchev–Trinajstić information content (AvgIpc) is 2.42. The summed E-state index contributed by atoms with van der Waals surface area (Å²) >= 11 is 0. The van der Waals surface area contributed by atoms with Crippen molar-refractivity contribution in [2.45, 2.75) is 11.8 Å². The van der Waals surface area contributed by atoms with Gasteiger partial charge in [0.2, 0.25) is 0 Å². The van der Waals surface area contributed by atoms with Gasteiger partial charge >= 0.3 is 0 Å². The van der Waals surface area contributed by atoms with Crippen molar-refractivity contribution in [2.75, 3.05) is 16.6 Å². The number of nitrogens with zero attached hydrogens (tertiary/aromatic N) is 1. The van der Waals surface area contributed by atoms with Crippen LogP contribution in [0.1, 0.15) is 6.92 Å². The van der Waals surface area contributed by atoms with Crippen LogP contribution in [0, 0.1) is 5.82 Å². The summed E-state index contributed by atoms with van der Waals surface area (Å²) in [7, 11) is -3.81. The first-order valence-electron chi connectivity index (χ1n) is 5.99. The second-order valence-corrected chi connectivity index (χ2v) is 5.70. The molecule has 0 spiro atoms. The molecular formula is C13H14FN3O2S. The molecule has 7 heteroatoms. The molecule has 1 heterocycles. The maximum atomic E-state index is 13.4. The molecule has 0 atom stereocenters. The highest BCUT2D eigenvalue weighted by molar-refractivity contribution is 7.92. The van der Waals surface area contributed by atoms with E-state index in [0.717, 1.165) is 18.4 Å². The van der Waals surface area contributed by atoms with Gasteiger partial charge in [-0.3, -0.25) is 9.71 Å². The number of aromatic nitrogens is 1. The van der Waals surface area contributed by atoms with Crippen LogP contribution in [-0.4, -0.2) is 19.9 Å². The molecule has 0 fully saturated rings. The Bertz CT molecular complexity index is 687. The van der Waals surface area contributed by atoms with Crippen LogP contribution in [-0.2, 0) is 10.0 Å². The molecule has 0 unspecified atom stereocenters. The van der Waals surface area contributed by atoms with Gasteiger partial charge < -0.3 is 5.32 Å². The van der Waals surface area contributed by atoms with Crippen molar-refractivity contribution in [3.05, 3.63) is 48.5 Å². The lowest BCUT2D eigenvalue weighted by molar-refractivity contribution is 0.598. The molecule has 0 aliphatic heterocycles. The van der Waals surface area contributed by atoms with E-state index in [0.29, 0.717) is 0 Å². The molecule has 0 radical (unpaired) electrons. The minimum Gasteiger partial charge on any atom is -0.385 e. The molecule has 0 aliphatic rings. The Labute approximate surface area is 116 Å². The number of sulfonamides is 1. The number of anilines is 2. The summed E-state index contributed by atoms with van der Waals surface area (Å²) in [5.41, 5.74) is 0.692. The number of halogens is 1. The van der Waals surface area contributed by atoms with Crippen LogP contribution in [0.15, 0.2) is 47.6 Å². The topological polar surface area (TPSA) is 71.1 Å². The quantitative estimate of drug-likeness (QED) is 0.889. The first kappa shape index (κ1) is 14.3. The minimum absolute atomic E-state index is 0.0652. The van der Waals surface area contributed by atoms with Crippen LogP contribution in [0.25, 0.3) is 0 Å². The summed E-state index contributed by atoms with van der Waals surface area (Å²) in [6.07, 6.45) is 2.27. The second-order valence-electron chi connectivity index (χ2n) is 4.02. The fraction of sp³-hybridized carbons (Fsp3) is 0.154. The maximum Gasteiger partial charge on any atom is 0.261 e. The fourth-order valence-corrected chi connectivity index (χ4v) is 2.69. The summed E-state index contributed by atoms with van der Waals surface area (Å²) < 4.78 is 39.8. The van der Waals surface area contributed by atoms with E-state index >= 15 is 0 Å². The SMILES string of the molecule is CCNc1ccc(S(=O)(=O)Nc2ccncc2F)cc1. The van der Waals surface area contributed by atoms with Crippen LogP contribution < -0.4 is 10.0 Å². The first-order chi connectivity index (χ1) is 9.53. The molecule has 2 rings (SSSR count). The lowest BCUT2D eigenvalue weighted by Crippen LogP contribution is -2.14. The predicted molar refractivity (Wildman–Crippen MR) is 75.6 cm³/mol. The van der Waals surface area contributed by atoms with Crippen LogP contribution in [0.5, 0.6) is 0 Å². The summed E-state index contributed by atoms with van der Waals surface area (Å²) in [5.74, 6) is -0.722. The van der Waals surface area contributed by atoms with Crippen molar-refractivity contribution < 1.29 is 12.8 Å². The van der Waals surface area contributed by atoms with Gasteiger partial charge in [-0.1, -0.05) is 0 Å². The monoisotopic (exact) mass is 295 g/mol. The fourth-order valence-electron chi connectivity index (χ4n) is 1.62. The van der Waals surface area contributed by atoms with Crippen LogP contribution in [0.2, 0.25) is 0 Å². The Hall–Kier alpha value is -2.15. The number of hydrogen-bond donors (Lipinski definition) is 2. The lowest BCUT2D eigenvalue weighted by atomic mass is 10.3. The van der Waals surface area contributed by atoms with E-state index < -0.39 is 15.8 Å². The van der Waals surface area contributed by atoms with Crippen molar-refractivity contribution in [2.24, 2.45) is 0 Å². The van der Waals surface area contributed by atoms with Crippen molar-refractivity contribution in [1.29, 1.82) is 0 Å². The van der Waals surface area contributed by atoms with Crippen molar-refractivity contribution >= 4 is 21.4 Å². The zero-order valence-corrected chi connectivity index (χ0v) is 11.6. The lowest BCUT2D eigenvalue weighted by Gasteiger charge is -2.09. The highest BCUT2D eigenvalue weighted by Gasteiger charge is 2.15. The van der Waals surface area contributed by atoms with Crippen LogP contribution in [0.3, 0.4) is 0 Å². The second kappa shape index (κ2) is 5.87. The van der Waals surface area contributed by atoms with Gasteiger partial charge in [0.05, 0.1) is 16.8 Å². The molecule has 0 saturated carbocycles. The Balaban J connectivity index is 2.24. The third-order valence-corrected chi connectivity index (χ3v) is 3.94. The molecule has 5 nitrogen and oxygen atoms in total. The van der Waals surface area contributed by atoms with Gasteiger partial charge in [-0.25, -0.2) is 12.8 Å². The predicted octanol–water partition coefficient (Wildman–Crippen LogP) is 2.45. The smallest absolute Gasteiger partial charge is 0.261 e. The third-order valence-electron chi connectivity index (χ3n) is 2.56. The molecule has 0 aliphatic carbocycles. The number of pyridine rings is 1. The molecule has 2 N–H and O–H groups in total. The summed E-state index contributed by atoms with van der Waals surface area (Å²) in [5, 5.41) is 3.06. The first-order valence-corrected chi connectivity index (χ1v) is 7.47. The van der Waals surface area contributed by atoms with Gasteiger partial charge in [0, 0.05) is 18.4 Å². The van der Waals surface area contributed by atoms with Crippen molar-refractivity contribution in [3.8, 4) is 0 Å².